The van der Waals surface area contributed by atoms with Gasteiger partial charge in [0, 0.05) is 31.8 Å². The molecule has 0 amide bonds. The molecule has 476 valence electrons. The van der Waals surface area contributed by atoms with Crippen LogP contribution in [0.1, 0.15) is 101 Å². The van der Waals surface area contributed by atoms with Gasteiger partial charge in [0.1, 0.15) is 13.2 Å². The Kier molecular flexibility index (Phi) is 23.6. The monoisotopic (exact) mass is 1250 g/mol. The zero-order valence-corrected chi connectivity index (χ0v) is 52.7. The summed E-state index contributed by atoms with van der Waals surface area (Å²) < 4.78 is 38.8. The zero-order valence-electron chi connectivity index (χ0n) is 52.7. The van der Waals surface area contributed by atoms with Crippen LogP contribution in [-0.2, 0) is 60.9 Å². The quantitative estimate of drug-likeness (QED) is 0.0211. The summed E-state index contributed by atoms with van der Waals surface area (Å²) in [6.07, 6.45) is 5.89. The van der Waals surface area contributed by atoms with Gasteiger partial charge in [0.2, 0.25) is 5.69 Å². The molecule has 0 atom stereocenters. The first kappa shape index (κ1) is 65.0. The number of carbonyl (C=O) groups excluding carboxylic acids is 2. The molecule has 8 aromatic carbocycles. The fourth-order valence-corrected chi connectivity index (χ4v) is 11.0. The molecule has 17 nitrogen and oxygen atoms in total. The first-order valence-electron chi connectivity index (χ1n) is 31.8. The Bertz CT molecular complexity index is 4100. The van der Waals surface area contributed by atoms with Gasteiger partial charge in [0.05, 0.1) is 77.3 Å². The minimum Gasteiger partial charge on any atom is -0.458 e. The normalized spacial score (nSPS) is 11.1. The SMILES string of the molecule is CCCOCCOCCn1nnc(C(=O)OCCOCCn2cc(Cc3ccc(C(=C(c4ccccc4)c4ccccc4)c4ccccc4)cc3)nn2)c1C(=O)OCCOCCn1cc(Cc2ccc(C(=C(c3ccccc3)c3ccccc3)c3ccccc3)cc2)nn1. The van der Waals surface area contributed by atoms with Crippen LogP contribution in [0, 0.1) is 0 Å². The highest BCUT2D eigenvalue weighted by molar-refractivity contribution is 6.06. The van der Waals surface area contributed by atoms with Gasteiger partial charge in [-0.2, -0.15) is 0 Å². The molecule has 11 rings (SSSR count). The van der Waals surface area contributed by atoms with E-state index in [4.69, 9.17) is 28.4 Å². The Labute approximate surface area is 547 Å². The maximum Gasteiger partial charge on any atom is 0.361 e. The van der Waals surface area contributed by atoms with Crippen molar-refractivity contribution >= 4 is 34.2 Å². The van der Waals surface area contributed by atoms with Crippen molar-refractivity contribution in [2.45, 2.75) is 45.8 Å². The molecule has 94 heavy (non-hydrogen) atoms. The molecule has 0 aliphatic carbocycles. The van der Waals surface area contributed by atoms with Crippen LogP contribution >= 0.6 is 0 Å². The Hall–Kier alpha value is -10.6. The van der Waals surface area contributed by atoms with Gasteiger partial charge in [-0.15, -0.1) is 15.3 Å². The van der Waals surface area contributed by atoms with Crippen molar-refractivity contribution in [3.63, 3.8) is 0 Å². The first-order valence-corrected chi connectivity index (χ1v) is 31.8. The zero-order chi connectivity index (χ0) is 64.4. The van der Waals surface area contributed by atoms with Crippen LogP contribution in [0.3, 0.4) is 0 Å². The first-order chi connectivity index (χ1) is 46.5. The van der Waals surface area contributed by atoms with Crippen molar-refractivity contribution in [1.82, 2.24) is 45.0 Å². The molecular weight excluding hydrogens is 1180 g/mol. The molecule has 3 heterocycles. The van der Waals surface area contributed by atoms with Crippen LogP contribution in [0.4, 0.5) is 0 Å². The molecular formula is C77H75N9O8. The van der Waals surface area contributed by atoms with E-state index in [-0.39, 0.29) is 64.2 Å². The number of benzene rings is 8. The van der Waals surface area contributed by atoms with Gasteiger partial charge in [-0.25, -0.2) is 23.6 Å². The number of esters is 2. The van der Waals surface area contributed by atoms with Crippen molar-refractivity contribution < 1.29 is 38.0 Å². The van der Waals surface area contributed by atoms with E-state index in [1.165, 1.54) is 4.68 Å². The van der Waals surface area contributed by atoms with E-state index in [1.54, 1.807) is 9.36 Å². The van der Waals surface area contributed by atoms with Gasteiger partial charge in [-0.1, -0.05) is 253 Å². The number of ether oxygens (including phenoxy) is 6. The molecule has 11 aromatic rings. The predicted octanol–water partition coefficient (Wildman–Crippen LogP) is 12.8. The topological polar surface area (TPSA) is 182 Å². The van der Waals surface area contributed by atoms with E-state index in [9.17, 15) is 9.59 Å². The summed E-state index contributed by atoms with van der Waals surface area (Å²) >= 11 is 0. The second-order valence-electron chi connectivity index (χ2n) is 22.1. The molecule has 0 bridgehead atoms. The molecule has 0 spiro atoms. The van der Waals surface area contributed by atoms with E-state index in [2.05, 4.69) is 225 Å². The van der Waals surface area contributed by atoms with Crippen molar-refractivity contribution in [3.8, 4) is 0 Å². The number of rotatable bonds is 34. The Morgan fingerprint density at radius 2 is 0.649 bits per heavy atom. The van der Waals surface area contributed by atoms with Gasteiger partial charge < -0.3 is 28.4 Å². The molecule has 0 aliphatic rings. The molecule has 0 saturated heterocycles. The van der Waals surface area contributed by atoms with Gasteiger partial charge in [-0.05, 0) is 84.3 Å². The lowest BCUT2D eigenvalue weighted by Gasteiger charge is -2.18. The largest absolute Gasteiger partial charge is 0.458 e. The minimum atomic E-state index is -0.851. The Morgan fingerprint density at radius 3 is 1.01 bits per heavy atom. The molecule has 0 fully saturated rings. The van der Waals surface area contributed by atoms with Crippen molar-refractivity contribution in [2.24, 2.45) is 0 Å². The van der Waals surface area contributed by atoms with Gasteiger partial charge in [-0.3, -0.25) is 0 Å². The number of aromatic nitrogens is 9. The number of hydrogen-bond donors (Lipinski definition) is 0. The molecule has 0 radical (unpaired) electrons. The van der Waals surface area contributed by atoms with Crippen LogP contribution < -0.4 is 0 Å². The number of hydrogen-bond acceptors (Lipinski definition) is 14. The third-order valence-electron chi connectivity index (χ3n) is 15.4. The summed E-state index contributed by atoms with van der Waals surface area (Å²) in [6.45, 7) is 5.10. The molecule has 0 aliphatic heterocycles. The fraction of sp³-hybridized carbons (Fsp3) is 0.221. The van der Waals surface area contributed by atoms with E-state index in [0.717, 1.165) is 95.7 Å². The molecule has 3 aromatic heterocycles. The van der Waals surface area contributed by atoms with Crippen LogP contribution in [-0.4, -0.2) is 123 Å². The predicted molar refractivity (Wildman–Crippen MR) is 361 cm³/mol. The average Bonchev–Trinajstić information content (AvgIpc) is 1.06. The summed E-state index contributed by atoms with van der Waals surface area (Å²) in [5.74, 6) is -1.66. The van der Waals surface area contributed by atoms with Crippen LogP contribution in [0.5, 0.6) is 0 Å². The van der Waals surface area contributed by atoms with Crippen LogP contribution in [0.25, 0.3) is 22.3 Å². The van der Waals surface area contributed by atoms with E-state index in [1.807, 2.05) is 55.7 Å². The van der Waals surface area contributed by atoms with Crippen LogP contribution in [0.15, 0.2) is 243 Å². The fourth-order valence-electron chi connectivity index (χ4n) is 11.0. The van der Waals surface area contributed by atoms with Gasteiger partial charge in [0.15, 0.2) is 5.69 Å². The third-order valence-corrected chi connectivity index (χ3v) is 15.4. The lowest BCUT2D eigenvalue weighted by Crippen LogP contribution is -2.22. The second kappa shape index (κ2) is 34.2. The van der Waals surface area contributed by atoms with E-state index >= 15 is 0 Å². The van der Waals surface area contributed by atoms with E-state index in [0.29, 0.717) is 45.8 Å². The molecule has 0 saturated carbocycles. The summed E-state index contributed by atoms with van der Waals surface area (Å²) in [7, 11) is 0. The summed E-state index contributed by atoms with van der Waals surface area (Å²) in [6, 6.07) is 80.4. The van der Waals surface area contributed by atoms with E-state index < -0.39 is 11.9 Å². The lowest BCUT2D eigenvalue weighted by molar-refractivity contribution is 0.0250. The number of carbonyl (C=O) groups is 2. The highest BCUT2D eigenvalue weighted by Crippen LogP contribution is 2.39. The standard InChI is InChI=1S/C77H75N9O8/c1-2-44-89-48-49-92-47-43-86-75(77(88)94-53-51-91-46-42-85-57-69(79-82-85)55-59-35-39-67(40-36-59)73(65-31-19-8-20-32-65)71(62-25-13-5-14-26-62)63-27-15-6-16-28-63)74(80-83-86)76(87)93-52-50-90-45-41-84-56-68(78-81-84)54-58-33-37-66(38-34-58)72(64-29-17-7-18-30-64)70(60-21-9-3-10-22-60)61-23-11-4-12-24-61/h3-40,56-57H,2,41-55H2,1H3. The average molecular weight is 1250 g/mol. The summed E-state index contributed by atoms with van der Waals surface area (Å²) in [5, 5.41) is 25.7. The molecule has 0 unspecified atom stereocenters. The third kappa shape index (κ3) is 17.9. The van der Waals surface area contributed by atoms with Gasteiger partial charge in [0.25, 0.3) is 0 Å². The lowest BCUT2D eigenvalue weighted by atomic mass is 9.85. The minimum absolute atomic E-state index is 0.0823. The second-order valence-corrected chi connectivity index (χ2v) is 22.1. The molecule has 0 N–H and O–H groups in total. The van der Waals surface area contributed by atoms with Crippen LogP contribution in [0.2, 0.25) is 0 Å². The molecule has 17 heteroatoms. The van der Waals surface area contributed by atoms with Gasteiger partial charge >= 0.3 is 11.9 Å². The van der Waals surface area contributed by atoms with Crippen molar-refractivity contribution in [2.75, 3.05) is 66.1 Å². The summed E-state index contributed by atoms with van der Waals surface area (Å²) in [4.78, 5) is 27.1. The summed E-state index contributed by atoms with van der Waals surface area (Å²) in [5.41, 5.74) is 17.0. The number of nitrogens with zero attached hydrogens (tertiary/aromatic N) is 9. The Balaban J connectivity index is 0.638. The maximum absolute atomic E-state index is 13.7. The van der Waals surface area contributed by atoms with Crippen molar-refractivity contribution in [1.29, 1.82) is 0 Å². The maximum atomic E-state index is 13.7. The smallest absolute Gasteiger partial charge is 0.361 e. The van der Waals surface area contributed by atoms with Crippen molar-refractivity contribution in [3.05, 3.63) is 321 Å². The highest BCUT2D eigenvalue weighted by Gasteiger charge is 2.28. The highest BCUT2D eigenvalue weighted by atomic mass is 16.6. The Morgan fingerprint density at radius 1 is 0.330 bits per heavy atom.